The predicted octanol–water partition coefficient (Wildman–Crippen LogP) is 1.78. The number of nitrogens with zero attached hydrogens (tertiary/aromatic N) is 1. The van der Waals surface area contributed by atoms with Crippen molar-refractivity contribution in [2.45, 2.75) is 51.0 Å². The van der Waals surface area contributed by atoms with E-state index in [-0.39, 0.29) is 5.97 Å². The van der Waals surface area contributed by atoms with Gasteiger partial charge in [-0.3, -0.25) is 0 Å². The summed E-state index contributed by atoms with van der Waals surface area (Å²) in [6.07, 6.45) is 7.55. The van der Waals surface area contributed by atoms with Crippen molar-refractivity contribution in [3.63, 3.8) is 0 Å². The van der Waals surface area contributed by atoms with Crippen LogP contribution in [0.4, 0.5) is 0 Å². The van der Waals surface area contributed by atoms with Gasteiger partial charge in [-0.25, -0.2) is 4.79 Å². The van der Waals surface area contributed by atoms with E-state index in [0.29, 0.717) is 19.1 Å². The Bertz CT molecular complexity index is 347. The van der Waals surface area contributed by atoms with Crippen LogP contribution in [0.25, 0.3) is 0 Å². The molecule has 0 aromatic carbocycles. The van der Waals surface area contributed by atoms with Gasteiger partial charge in [-0.1, -0.05) is 0 Å². The van der Waals surface area contributed by atoms with Gasteiger partial charge in [0.1, 0.15) is 5.54 Å². The highest BCUT2D eigenvalue weighted by atomic mass is 16.5. The molecule has 20 heavy (non-hydrogen) atoms. The summed E-state index contributed by atoms with van der Waals surface area (Å²) in [5.41, 5.74) is 5.75. The lowest BCUT2D eigenvalue weighted by Crippen LogP contribution is -2.59. The van der Waals surface area contributed by atoms with Crippen LogP contribution in [-0.4, -0.2) is 42.6 Å². The van der Waals surface area contributed by atoms with Crippen LogP contribution >= 0.6 is 0 Å². The first kappa shape index (κ1) is 14.3. The maximum Gasteiger partial charge on any atom is 0.327 e. The number of ether oxygens (including phenoxy) is 1. The number of rotatable bonds is 9. The standard InChI is InChI=1S/C16H28N2O2/c1-2-20-15(19)16(17,14-7-8-14)11-18(9-12-3-4-12)10-13-5-6-13/h12-14H,2-11,17H2,1H3. The molecule has 3 fully saturated rings. The molecule has 0 spiro atoms. The minimum atomic E-state index is -0.764. The molecule has 0 bridgehead atoms. The van der Waals surface area contributed by atoms with Crippen molar-refractivity contribution in [1.82, 2.24) is 4.90 Å². The topological polar surface area (TPSA) is 55.6 Å². The molecule has 1 atom stereocenters. The molecule has 0 aromatic rings. The minimum Gasteiger partial charge on any atom is -0.465 e. The minimum absolute atomic E-state index is 0.181. The lowest BCUT2D eigenvalue weighted by atomic mass is 9.93. The summed E-state index contributed by atoms with van der Waals surface area (Å²) >= 11 is 0. The summed E-state index contributed by atoms with van der Waals surface area (Å²) in [4.78, 5) is 14.8. The van der Waals surface area contributed by atoms with E-state index >= 15 is 0 Å². The fourth-order valence-corrected chi connectivity index (χ4v) is 3.13. The van der Waals surface area contributed by atoms with Gasteiger partial charge >= 0.3 is 5.97 Å². The molecule has 114 valence electrons. The molecule has 0 aliphatic heterocycles. The Morgan fingerprint density at radius 3 is 2.10 bits per heavy atom. The third-order valence-electron chi connectivity index (χ3n) is 4.87. The van der Waals surface area contributed by atoms with E-state index < -0.39 is 5.54 Å². The van der Waals surface area contributed by atoms with E-state index in [0.717, 1.165) is 37.8 Å². The van der Waals surface area contributed by atoms with Crippen LogP contribution in [0.2, 0.25) is 0 Å². The smallest absolute Gasteiger partial charge is 0.327 e. The fraction of sp³-hybridized carbons (Fsp3) is 0.938. The molecule has 0 heterocycles. The lowest BCUT2D eigenvalue weighted by molar-refractivity contribution is -0.151. The van der Waals surface area contributed by atoms with E-state index in [9.17, 15) is 4.79 Å². The molecule has 0 amide bonds. The molecule has 3 rings (SSSR count). The third kappa shape index (κ3) is 3.53. The van der Waals surface area contributed by atoms with Crippen LogP contribution in [0.3, 0.4) is 0 Å². The highest BCUT2D eigenvalue weighted by Gasteiger charge is 2.50. The van der Waals surface area contributed by atoms with E-state index in [4.69, 9.17) is 10.5 Å². The Morgan fingerprint density at radius 2 is 1.70 bits per heavy atom. The molecule has 0 radical (unpaired) electrons. The van der Waals surface area contributed by atoms with E-state index in [1.807, 2.05) is 6.92 Å². The van der Waals surface area contributed by atoms with Gasteiger partial charge in [0, 0.05) is 19.6 Å². The summed E-state index contributed by atoms with van der Waals surface area (Å²) in [6.45, 7) is 5.24. The van der Waals surface area contributed by atoms with Gasteiger partial charge in [0.05, 0.1) is 6.61 Å². The van der Waals surface area contributed by atoms with Crippen LogP contribution in [0.1, 0.15) is 45.4 Å². The zero-order chi connectivity index (χ0) is 14.2. The normalized spacial score (nSPS) is 25.6. The zero-order valence-corrected chi connectivity index (χ0v) is 12.6. The SMILES string of the molecule is CCOC(=O)C(N)(CN(CC1CC1)CC1CC1)C1CC1. The molecule has 2 N–H and O–H groups in total. The summed E-state index contributed by atoms with van der Waals surface area (Å²) in [5.74, 6) is 1.85. The van der Waals surface area contributed by atoms with Gasteiger partial charge < -0.3 is 15.4 Å². The first-order valence-corrected chi connectivity index (χ1v) is 8.30. The molecule has 1 unspecified atom stereocenters. The summed E-state index contributed by atoms with van der Waals surface area (Å²) in [5, 5.41) is 0. The third-order valence-corrected chi connectivity index (χ3v) is 4.87. The van der Waals surface area contributed by atoms with Crippen LogP contribution in [0.5, 0.6) is 0 Å². The molecular weight excluding hydrogens is 252 g/mol. The Balaban J connectivity index is 1.63. The Kier molecular flexibility index (Phi) is 4.04. The molecule has 0 aromatic heterocycles. The number of hydrogen-bond donors (Lipinski definition) is 1. The maximum absolute atomic E-state index is 12.3. The Hall–Kier alpha value is -0.610. The van der Waals surface area contributed by atoms with Gasteiger partial charge in [0.15, 0.2) is 0 Å². The van der Waals surface area contributed by atoms with Crippen LogP contribution in [-0.2, 0) is 9.53 Å². The highest BCUT2D eigenvalue weighted by Crippen LogP contribution is 2.41. The van der Waals surface area contributed by atoms with Crippen molar-refractivity contribution in [2.75, 3.05) is 26.2 Å². The number of nitrogens with two attached hydrogens (primary N) is 1. The molecule has 4 nitrogen and oxygen atoms in total. The summed E-state index contributed by atoms with van der Waals surface area (Å²) in [6, 6.07) is 0. The maximum atomic E-state index is 12.3. The molecule has 4 heteroatoms. The van der Waals surface area contributed by atoms with Gasteiger partial charge in [0.25, 0.3) is 0 Å². The van der Waals surface area contributed by atoms with Crippen molar-refractivity contribution >= 4 is 5.97 Å². The average molecular weight is 280 g/mol. The Labute approximate surface area is 122 Å². The molecule has 0 saturated heterocycles. The number of carbonyl (C=O) groups is 1. The van der Waals surface area contributed by atoms with E-state index in [2.05, 4.69) is 4.90 Å². The lowest BCUT2D eigenvalue weighted by Gasteiger charge is -2.34. The first-order chi connectivity index (χ1) is 9.61. The largest absolute Gasteiger partial charge is 0.465 e. The van der Waals surface area contributed by atoms with Crippen molar-refractivity contribution in [3.8, 4) is 0 Å². The second kappa shape index (κ2) is 5.64. The van der Waals surface area contributed by atoms with Gasteiger partial charge in [-0.05, 0) is 63.2 Å². The van der Waals surface area contributed by atoms with Crippen LogP contribution in [0.15, 0.2) is 0 Å². The van der Waals surface area contributed by atoms with Gasteiger partial charge in [-0.2, -0.15) is 0 Å². The van der Waals surface area contributed by atoms with Crippen molar-refractivity contribution < 1.29 is 9.53 Å². The van der Waals surface area contributed by atoms with Crippen molar-refractivity contribution in [1.29, 1.82) is 0 Å². The second-order valence-corrected chi connectivity index (χ2v) is 7.12. The monoisotopic (exact) mass is 280 g/mol. The molecule has 3 saturated carbocycles. The quantitative estimate of drug-likeness (QED) is 0.654. The molecular formula is C16H28N2O2. The zero-order valence-electron chi connectivity index (χ0n) is 12.6. The molecule has 3 aliphatic rings. The van der Waals surface area contributed by atoms with Gasteiger partial charge in [0.2, 0.25) is 0 Å². The first-order valence-electron chi connectivity index (χ1n) is 8.30. The van der Waals surface area contributed by atoms with Crippen molar-refractivity contribution in [3.05, 3.63) is 0 Å². The van der Waals surface area contributed by atoms with E-state index in [1.165, 1.54) is 25.7 Å². The fourth-order valence-electron chi connectivity index (χ4n) is 3.13. The van der Waals surface area contributed by atoms with E-state index in [1.54, 1.807) is 0 Å². The number of esters is 1. The number of hydrogen-bond acceptors (Lipinski definition) is 4. The Morgan fingerprint density at radius 1 is 1.15 bits per heavy atom. The van der Waals surface area contributed by atoms with Crippen LogP contribution < -0.4 is 5.73 Å². The molecule has 3 aliphatic carbocycles. The summed E-state index contributed by atoms with van der Waals surface area (Å²) in [7, 11) is 0. The average Bonchev–Trinajstić information content (AvgIpc) is 3.26. The highest BCUT2D eigenvalue weighted by molar-refractivity contribution is 5.82. The summed E-state index contributed by atoms with van der Waals surface area (Å²) < 4.78 is 5.26. The predicted molar refractivity (Wildman–Crippen MR) is 78.2 cm³/mol. The number of carbonyl (C=O) groups excluding carboxylic acids is 1. The van der Waals surface area contributed by atoms with Gasteiger partial charge in [-0.15, -0.1) is 0 Å². The second-order valence-electron chi connectivity index (χ2n) is 7.12. The van der Waals surface area contributed by atoms with Crippen LogP contribution in [0, 0.1) is 17.8 Å². The van der Waals surface area contributed by atoms with Crippen molar-refractivity contribution in [2.24, 2.45) is 23.5 Å².